The molecule has 6 nitrogen and oxygen atoms in total. The Morgan fingerprint density at radius 2 is 1.91 bits per heavy atom. The van der Waals surface area contributed by atoms with Crippen LogP contribution < -0.4 is 14.9 Å². The molecule has 120 valence electrons. The average molecular weight is 379 g/mol. The number of phenols is 1. The molecule has 0 heterocycles. The van der Waals surface area contributed by atoms with E-state index in [1.54, 1.807) is 30.3 Å². The SMILES string of the molecule is COc1cc(/C=N/NC(=O)c2cc(Br)ccc2OC)ccc1O. The van der Waals surface area contributed by atoms with Gasteiger partial charge in [-0.15, -0.1) is 0 Å². The molecular weight excluding hydrogens is 364 g/mol. The molecule has 0 aliphatic heterocycles. The van der Waals surface area contributed by atoms with Gasteiger partial charge in [0.25, 0.3) is 5.91 Å². The summed E-state index contributed by atoms with van der Waals surface area (Å²) >= 11 is 3.31. The van der Waals surface area contributed by atoms with Gasteiger partial charge in [-0.05, 0) is 42.0 Å². The third-order valence-corrected chi connectivity index (χ3v) is 3.48. The Morgan fingerprint density at radius 1 is 1.17 bits per heavy atom. The van der Waals surface area contributed by atoms with Crippen LogP contribution in [0.2, 0.25) is 0 Å². The number of ether oxygens (including phenoxy) is 2. The summed E-state index contributed by atoms with van der Waals surface area (Å²) in [7, 11) is 2.95. The van der Waals surface area contributed by atoms with Crippen LogP contribution in [0, 0.1) is 0 Å². The lowest BCUT2D eigenvalue weighted by Gasteiger charge is -2.07. The first-order valence-electron chi connectivity index (χ1n) is 6.59. The quantitative estimate of drug-likeness (QED) is 0.619. The molecule has 0 atom stereocenters. The Bertz CT molecular complexity index is 747. The zero-order valence-electron chi connectivity index (χ0n) is 12.5. The normalized spacial score (nSPS) is 10.6. The second kappa shape index (κ2) is 7.64. The molecule has 0 radical (unpaired) electrons. The lowest BCUT2D eigenvalue weighted by atomic mass is 10.2. The molecule has 2 aromatic carbocycles. The topological polar surface area (TPSA) is 80.2 Å². The Kier molecular flexibility index (Phi) is 5.59. The number of amides is 1. The van der Waals surface area contributed by atoms with E-state index in [9.17, 15) is 9.90 Å². The molecule has 0 fully saturated rings. The molecule has 0 aliphatic rings. The number of aromatic hydroxyl groups is 1. The summed E-state index contributed by atoms with van der Waals surface area (Å²) in [6.45, 7) is 0. The zero-order valence-corrected chi connectivity index (χ0v) is 14.1. The number of phenolic OH excluding ortho intramolecular Hbond substituents is 1. The highest BCUT2D eigenvalue weighted by Crippen LogP contribution is 2.25. The maximum atomic E-state index is 12.2. The number of carbonyl (C=O) groups is 1. The fourth-order valence-corrected chi connectivity index (χ4v) is 2.22. The third-order valence-electron chi connectivity index (χ3n) is 2.99. The van der Waals surface area contributed by atoms with Crippen LogP contribution in [0.5, 0.6) is 17.2 Å². The van der Waals surface area contributed by atoms with Gasteiger partial charge in [0.2, 0.25) is 0 Å². The van der Waals surface area contributed by atoms with Gasteiger partial charge in [0.15, 0.2) is 11.5 Å². The van der Waals surface area contributed by atoms with E-state index in [0.29, 0.717) is 22.6 Å². The lowest BCUT2D eigenvalue weighted by Crippen LogP contribution is -2.18. The summed E-state index contributed by atoms with van der Waals surface area (Å²) in [5.74, 6) is 0.416. The van der Waals surface area contributed by atoms with Gasteiger partial charge in [0.05, 0.1) is 26.0 Å². The highest BCUT2D eigenvalue weighted by Gasteiger charge is 2.12. The van der Waals surface area contributed by atoms with Crippen LogP contribution in [0.4, 0.5) is 0 Å². The minimum Gasteiger partial charge on any atom is -0.504 e. The predicted molar refractivity (Wildman–Crippen MR) is 90.4 cm³/mol. The molecule has 0 aliphatic carbocycles. The Balaban J connectivity index is 2.11. The second-order valence-electron chi connectivity index (χ2n) is 4.48. The molecule has 0 aromatic heterocycles. The number of methoxy groups -OCH3 is 2. The summed E-state index contributed by atoms with van der Waals surface area (Å²) < 4.78 is 10.9. The van der Waals surface area contributed by atoms with Crippen LogP contribution in [-0.2, 0) is 0 Å². The van der Waals surface area contributed by atoms with Crippen LogP contribution in [0.15, 0.2) is 46.0 Å². The van der Waals surface area contributed by atoms with E-state index in [1.165, 1.54) is 26.5 Å². The van der Waals surface area contributed by atoms with E-state index >= 15 is 0 Å². The number of benzene rings is 2. The number of hydrogen-bond donors (Lipinski definition) is 2. The van der Waals surface area contributed by atoms with Gasteiger partial charge < -0.3 is 14.6 Å². The van der Waals surface area contributed by atoms with Crippen LogP contribution >= 0.6 is 15.9 Å². The number of carbonyl (C=O) groups excluding carboxylic acids is 1. The lowest BCUT2D eigenvalue weighted by molar-refractivity contribution is 0.0952. The highest BCUT2D eigenvalue weighted by molar-refractivity contribution is 9.10. The summed E-state index contributed by atoms with van der Waals surface area (Å²) in [4.78, 5) is 12.2. The summed E-state index contributed by atoms with van der Waals surface area (Å²) in [6.07, 6.45) is 1.45. The molecule has 0 saturated carbocycles. The number of halogens is 1. The molecule has 0 saturated heterocycles. The van der Waals surface area contributed by atoms with E-state index in [0.717, 1.165) is 4.47 Å². The largest absolute Gasteiger partial charge is 0.504 e. The first-order chi connectivity index (χ1) is 11.0. The predicted octanol–water partition coefficient (Wildman–Crippen LogP) is 2.94. The standard InChI is InChI=1S/C16H15BrN2O4/c1-22-14-6-4-11(17)8-12(14)16(21)19-18-9-10-3-5-13(20)15(7-10)23-2/h3-9,20H,1-2H3,(H,19,21)/b18-9+. The van der Waals surface area contributed by atoms with E-state index in [4.69, 9.17) is 9.47 Å². The Labute approximate surface area is 141 Å². The average Bonchev–Trinajstić information content (AvgIpc) is 2.56. The van der Waals surface area contributed by atoms with Gasteiger partial charge in [-0.3, -0.25) is 4.79 Å². The van der Waals surface area contributed by atoms with Crippen molar-refractivity contribution in [1.29, 1.82) is 0 Å². The number of hydrazone groups is 1. The molecule has 2 N–H and O–H groups in total. The number of nitrogens with one attached hydrogen (secondary N) is 1. The van der Waals surface area contributed by atoms with Gasteiger partial charge in [-0.1, -0.05) is 15.9 Å². The van der Waals surface area contributed by atoms with E-state index in [1.807, 2.05) is 0 Å². The molecule has 2 rings (SSSR count). The van der Waals surface area contributed by atoms with Gasteiger partial charge in [-0.25, -0.2) is 5.43 Å². The smallest absolute Gasteiger partial charge is 0.275 e. The van der Waals surface area contributed by atoms with Crippen molar-refractivity contribution in [2.45, 2.75) is 0 Å². The minimum atomic E-state index is -0.398. The molecule has 0 unspecified atom stereocenters. The first-order valence-corrected chi connectivity index (χ1v) is 7.38. The summed E-state index contributed by atoms with van der Waals surface area (Å²) in [5.41, 5.74) is 3.46. The monoisotopic (exact) mass is 378 g/mol. The van der Waals surface area contributed by atoms with Gasteiger partial charge in [-0.2, -0.15) is 5.10 Å². The van der Waals surface area contributed by atoms with Crippen molar-refractivity contribution < 1.29 is 19.4 Å². The van der Waals surface area contributed by atoms with Gasteiger partial charge >= 0.3 is 0 Å². The highest BCUT2D eigenvalue weighted by atomic mass is 79.9. The summed E-state index contributed by atoms with van der Waals surface area (Å²) in [6, 6.07) is 9.85. The minimum absolute atomic E-state index is 0.0348. The van der Waals surface area contributed by atoms with Crippen molar-refractivity contribution in [3.05, 3.63) is 52.0 Å². The molecule has 2 aromatic rings. The number of rotatable bonds is 5. The maximum Gasteiger partial charge on any atom is 0.275 e. The first kappa shape index (κ1) is 16.8. The molecule has 0 spiro atoms. The van der Waals surface area contributed by atoms with Crippen molar-refractivity contribution in [2.75, 3.05) is 14.2 Å². The van der Waals surface area contributed by atoms with Gasteiger partial charge in [0.1, 0.15) is 5.75 Å². The van der Waals surface area contributed by atoms with Crippen molar-refractivity contribution in [2.24, 2.45) is 5.10 Å². The number of nitrogens with zero attached hydrogens (tertiary/aromatic N) is 1. The van der Waals surface area contributed by atoms with Crippen molar-refractivity contribution >= 4 is 28.1 Å². The van der Waals surface area contributed by atoms with Crippen LogP contribution in [0.25, 0.3) is 0 Å². The second-order valence-corrected chi connectivity index (χ2v) is 5.39. The van der Waals surface area contributed by atoms with Crippen LogP contribution in [-0.4, -0.2) is 31.4 Å². The fourth-order valence-electron chi connectivity index (χ4n) is 1.86. The van der Waals surface area contributed by atoms with E-state index < -0.39 is 5.91 Å². The van der Waals surface area contributed by atoms with E-state index in [-0.39, 0.29) is 5.75 Å². The third kappa shape index (κ3) is 4.23. The molecular formula is C16H15BrN2O4. The molecule has 0 bridgehead atoms. The van der Waals surface area contributed by atoms with Crippen molar-refractivity contribution in [3.63, 3.8) is 0 Å². The van der Waals surface area contributed by atoms with Crippen LogP contribution in [0.3, 0.4) is 0 Å². The van der Waals surface area contributed by atoms with Crippen LogP contribution in [0.1, 0.15) is 15.9 Å². The van der Waals surface area contributed by atoms with E-state index in [2.05, 4.69) is 26.5 Å². The fraction of sp³-hybridized carbons (Fsp3) is 0.125. The molecule has 23 heavy (non-hydrogen) atoms. The van der Waals surface area contributed by atoms with Gasteiger partial charge in [0, 0.05) is 4.47 Å². The molecule has 7 heteroatoms. The van der Waals surface area contributed by atoms with Crippen molar-refractivity contribution in [1.82, 2.24) is 5.43 Å². The van der Waals surface area contributed by atoms with Crippen molar-refractivity contribution in [3.8, 4) is 17.2 Å². The maximum absolute atomic E-state index is 12.2. The summed E-state index contributed by atoms with van der Waals surface area (Å²) in [5, 5.41) is 13.4. The Morgan fingerprint density at radius 3 is 2.61 bits per heavy atom. The Hall–Kier alpha value is -2.54. The molecule has 1 amide bonds. The zero-order chi connectivity index (χ0) is 16.8. The number of hydrogen-bond acceptors (Lipinski definition) is 5.